The van der Waals surface area contributed by atoms with Gasteiger partial charge in [0.25, 0.3) is 6.71 Å². The Morgan fingerprint density at radius 3 is 1.15 bits per heavy atom. The van der Waals surface area contributed by atoms with Crippen molar-refractivity contribution in [3.05, 3.63) is 177 Å². The van der Waals surface area contributed by atoms with Gasteiger partial charge in [0.05, 0.1) is 22.7 Å². The molecule has 9 rings (SSSR count). The van der Waals surface area contributed by atoms with Gasteiger partial charge in [-0.25, -0.2) is 0 Å². The van der Waals surface area contributed by atoms with Crippen molar-refractivity contribution in [1.29, 1.82) is 0 Å². The Morgan fingerprint density at radius 1 is 0.385 bits per heavy atom. The van der Waals surface area contributed by atoms with Gasteiger partial charge in [0.2, 0.25) is 0 Å². The second kappa shape index (κ2) is 15.6. The van der Waals surface area contributed by atoms with Crippen LogP contribution in [0.3, 0.4) is 0 Å². The summed E-state index contributed by atoms with van der Waals surface area (Å²) in [7, 11) is 0. The number of para-hydroxylation sites is 2. The van der Waals surface area contributed by atoms with Gasteiger partial charge in [-0.05, 0) is 168 Å². The molecule has 0 saturated carbocycles. The maximum absolute atomic E-state index is 2.63. The van der Waals surface area contributed by atoms with E-state index in [1.54, 1.807) is 0 Å². The molecule has 2 heterocycles. The number of rotatable bonds is 5. The van der Waals surface area contributed by atoms with Crippen molar-refractivity contribution in [2.24, 2.45) is 0 Å². The predicted octanol–water partition coefficient (Wildman–Crippen LogP) is 15.3. The second-order valence-corrected chi connectivity index (χ2v) is 22.4. The highest BCUT2D eigenvalue weighted by atomic mass is 15.2. The lowest BCUT2D eigenvalue weighted by Gasteiger charge is -2.46. The number of aryl methyl sites for hydroxylation is 7. The molecule has 0 radical (unpaired) electrons. The van der Waals surface area contributed by atoms with Crippen LogP contribution in [0.5, 0.6) is 0 Å². The molecule has 7 aromatic rings. The van der Waals surface area contributed by atoms with E-state index in [0.29, 0.717) is 0 Å². The first kappa shape index (κ1) is 44.2. The van der Waals surface area contributed by atoms with E-state index >= 15 is 0 Å². The average Bonchev–Trinajstić information content (AvgIpc) is 3.22. The smallest absolute Gasteiger partial charge is 0.252 e. The SMILES string of the molecule is Cc1cc(C)c(N(c2ccc(C(C)(C)C)cc2)c2cc3c4c(c2)N(c2c(C)cccc2C)c2ccc(C(C)(C)C)cc2B4c2cc(C(C)(C)C)ccc2N3c2c(C)cccc2C)c(C)c1. The highest BCUT2D eigenvalue weighted by Crippen LogP contribution is 2.51. The molecule has 0 N–H and O–H groups in total. The van der Waals surface area contributed by atoms with Crippen molar-refractivity contribution in [2.75, 3.05) is 14.7 Å². The molecule has 330 valence electrons. The number of fused-ring (bicyclic) bond motifs is 4. The van der Waals surface area contributed by atoms with Crippen molar-refractivity contribution < 1.29 is 0 Å². The standard InChI is InChI=1S/C61H68BN3/c1-37-31-42(6)58(43(7)32-37)63(47-27-23-44(24-28-47)59(8,9)10)48-35-53-55-54(36-48)65(57-40(4)21-18-22-41(57)5)52-30-26-46(61(14,15)16)34-50(52)62(55)49-33-45(60(11,12)13)25-29-51(49)64(53)56-38(2)19-17-20-39(56)3/h17-36H,1-16H3. The molecule has 7 aromatic carbocycles. The lowest BCUT2D eigenvalue weighted by atomic mass is 9.33. The van der Waals surface area contributed by atoms with E-state index in [2.05, 4.69) is 247 Å². The van der Waals surface area contributed by atoms with Crippen LogP contribution in [-0.4, -0.2) is 6.71 Å². The van der Waals surface area contributed by atoms with Gasteiger partial charge in [-0.3, -0.25) is 0 Å². The van der Waals surface area contributed by atoms with Crippen LogP contribution in [0.1, 0.15) is 118 Å². The summed E-state index contributed by atoms with van der Waals surface area (Å²) in [5, 5.41) is 0. The largest absolute Gasteiger partial charge is 0.311 e. The molecule has 2 aliphatic heterocycles. The van der Waals surface area contributed by atoms with Crippen LogP contribution in [0.4, 0.5) is 51.2 Å². The highest BCUT2D eigenvalue weighted by Gasteiger charge is 2.45. The number of hydrogen-bond donors (Lipinski definition) is 0. The Labute approximate surface area is 391 Å². The first-order chi connectivity index (χ1) is 30.5. The van der Waals surface area contributed by atoms with Crippen LogP contribution >= 0.6 is 0 Å². The third-order valence-electron chi connectivity index (χ3n) is 14.2. The molecule has 2 aliphatic rings. The Hall–Kier alpha value is -6.00. The van der Waals surface area contributed by atoms with E-state index in [1.165, 1.54) is 112 Å². The first-order valence-corrected chi connectivity index (χ1v) is 23.7. The minimum absolute atomic E-state index is 0.00725. The van der Waals surface area contributed by atoms with Crippen molar-refractivity contribution in [3.8, 4) is 0 Å². The van der Waals surface area contributed by atoms with Crippen LogP contribution in [-0.2, 0) is 16.2 Å². The van der Waals surface area contributed by atoms with E-state index in [0.717, 1.165) is 11.4 Å². The Bertz CT molecular complexity index is 2820. The second-order valence-electron chi connectivity index (χ2n) is 22.4. The third kappa shape index (κ3) is 7.48. The minimum Gasteiger partial charge on any atom is -0.311 e. The van der Waals surface area contributed by atoms with Crippen molar-refractivity contribution >= 4 is 74.3 Å². The summed E-state index contributed by atoms with van der Waals surface area (Å²) < 4.78 is 0. The summed E-state index contributed by atoms with van der Waals surface area (Å²) in [4.78, 5) is 7.80. The molecule has 0 fully saturated rings. The van der Waals surface area contributed by atoms with E-state index in [-0.39, 0.29) is 23.0 Å². The molecule has 0 saturated heterocycles. The maximum Gasteiger partial charge on any atom is 0.252 e. The van der Waals surface area contributed by atoms with Crippen molar-refractivity contribution in [2.45, 2.75) is 127 Å². The fraction of sp³-hybridized carbons (Fsp3) is 0.311. The van der Waals surface area contributed by atoms with Gasteiger partial charge >= 0.3 is 0 Å². The zero-order chi connectivity index (χ0) is 46.7. The van der Waals surface area contributed by atoms with E-state index in [1.807, 2.05) is 0 Å². The van der Waals surface area contributed by atoms with Crippen LogP contribution in [0.2, 0.25) is 0 Å². The van der Waals surface area contributed by atoms with E-state index < -0.39 is 0 Å². The van der Waals surface area contributed by atoms with Gasteiger partial charge in [-0.2, -0.15) is 0 Å². The molecule has 65 heavy (non-hydrogen) atoms. The van der Waals surface area contributed by atoms with Gasteiger partial charge < -0.3 is 14.7 Å². The summed E-state index contributed by atoms with van der Waals surface area (Å²) in [6, 6.07) is 47.3. The molecule has 4 heteroatoms. The Kier molecular flexibility index (Phi) is 10.6. The normalized spacial score (nSPS) is 13.4. The Balaban J connectivity index is 1.48. The minimum atomic E-state index is -0.0345. The highest BCUT2D eigenvalue weighted by molar-refractivity contribution is 7.00. The van der Waals surface area contributed by atoms with Gasteiger partial charge in [0.1, 0.15) is 0 Å². The number of hydrogen-bond acceptors (Lipinski definition) is 3. The summed E-state index contributed by atoms with van der Waals surface area (Å²) >= 11 is 0. The first-order valence-electron chi connectivity index (χ1n) is 23.7. The molecule has 3 nitrogen and oxygen atoms in total. The van der Waals surface area contributed by atoms with E-state index in [9.17, 15) is 0 Å². The zero-order valence-corrected chi connectivity index (χ0v) is 42.0. The van der Waals surface area contributed by atoms with Crippen LogP contribution in [0.25, 0.3) is 0 Å². The topological polar surface area (TPSA) is 9.72 Å². The molecular formula is C61H68BN3. The van der Waals surface area contributed by atoms with Gasteiger partial charge in [0, 0.05) is 28.4 Å². The molecule has 0 aliphatic carbocycles. The number of benzene rings is 7. The molecule has 0 spiro atoms. The number of anilines is 9. The maximum atomic E-state index is 2.63. The zero-order valence-electron chi connectivity index (χ0n) is 42.0. The number of nitrogens with zero attached hydrogens (tertiary/aromatic N) is 3. The fourth-order valence-corrected chi connectivity index (χ4v) is 10.9. The molecule has 0 amide bonds. The molecule has 0 atom stereocenters. The molecule has 0 unspecified atom stereocenters. The summed E-state index contributed by atoms with van der Waals surface area (Å²) in [5.41, 5.74) is 27.7. The van der Waals surface area contributed by atoms with Gasteiger partial charge in [-0.15, -0.1) is 0 Å². The summed E-state index contributed by atoms with van der Waals surface area (Å²) in [6.07, 6.45) is 0. The molecule has 0 bridgehead atoms. The lowest BCUT2D eigenvalue weighted by Crippen LogP contribution is -2.62. The van der Waals surface area contributed by atoms with Crippen LogP contribution < -0.4 is 31.1 Å². The monoisotopic (exact) mass is 854 g/mol. The Morgan fingerprint density at radius 2 is 0.769 bits per heavy atom. The van der Waals surface area contributed by atoms with E-state index in [4.69, 9.17) is 0 Å². The van der Waals surface area contributed by atoms with Gasteiger partial charge in [0.15, 0.2) is 0 Å². The molecule has 0 aromatic heterocycles. The third-order valence-corrected chi connectivity index (χ3v) is 14.2. The summed E-state index contributed by atoms with van der Waals surface area (Å²) in [6.45, 7) is 36.9. The lowest BCUT2D eigenvalue weighted by molar-refractivity contribution is 0.590. The van der Waals surface area contributed by atoms with Crippen LogP contribution in [0, 0.1) is 48.5 Å². The van der Waals surface area contributed by atoms with Crippen molar-refractivity contribution in [3.63, 3.8) is 0 Å². The molecular weight excluding hydrogens is 786 g/mol. The van der Waals surface area contributed by atoms with Crippen molar-refractivity contribution in [1.82, 2.24) is 0 Å². The quantitative estimate of drug-likeness (QED) is 0.160. The summed E-state index contributed by atoms with van der Waals surface area (Å²) in [5.74, 6) is 0. The fourth-order valence-electron chi connectivity index (χ4n) is 10.9. The predicted molar refractivity (Wildman–Crippen MR) is 284 cm³/mol. The average molecular weight is 854 g/mol. The van der Waals surface area contributed by atoms with Gasteiger partial charge in [-0.1, -0.05) is 153 Å². The van der Waals surface area contributed by atoms with Crippen LogP contribution in [0.15, 0.2) is 121 Å².